The highest BCUT2D eigenvalue weighted by atomic mass is 16.5. The molecular weight excluding hydrogens is 162 g/mol. The van der Waals surface area contributed by atoms with Crippen molar-refractivity contribution in [1.29, 1.82) is 0 Å². The van der Waals surface area contributed by atoms with Gasteiger partial charge in [0.2, 0.25) is 0 Å². The topological polar surface area (TPSA) is 12.5 Å². The number of likely N-dealkylation sites (tertiary alicyclic amines) is 1. The van der Waals surface area contributed by atoms with Gasteiger partial charge in [0.15, 0.2) is 0 Å². The smallest absolute Gasteiger partial charge is 0.0584 e. The van der Waals surface area contributed by atoms with Crippen molar-refractivity contribution in [2.45, 2.75) is 38.2 Å². The predicted molar refractivity (Wildman–Crippen MR) is 53.8 cm³/mol. The Morgan fingerprint density at radius 1 is 1.15 bits per heavy atom. The lowest BCUT2D eigenvalue weighted by atomic mass is 10.2. The lowest BCUT2D eigenvalue weighted by Gasteiger charge is -2.19. The van der Waals surface area contributed by atoms with Crippen molar-refractivity contribution in [3.8, 4) is 0 Å². The lowest BCUT2D eigenvalue weighted by Crippen LogP contribution is -2.27. The third kappa shape index (κ3) is 2.96. The molecule has 13 heavy (non-hydrogen) atoms. The summed E-state index contributed by atoms with van der Waals surface area (Å²) in [7, 11) is 1.85. The van der Waals surface area contributed by atoms with Crippen LogP contribution in [0.4, 0.5) is 0 Å². The average molecular weight is 183 g/mol. The fraction of sp³-hybridized carbons (Fsp3) is 1.00. The highest BCUT2D eigenvalue weighted by molar-refractivity contribution is 4.79. The molecule has 76 valence electrons. The van der Waals surface area contributed by atoms with Gasteiger partial charge in [0.1, 0.15) is 0 Å². The van der Waals surface area contributed by atoms with Gasteiger partial charge in [0, 0.05) is 20.2 Å². The molecule has 0 spiro atoms. The molecule has 2 nitrogen and oxygen atoms in total. The summed E-state index contributed by atoms with van der Waals surface area (Å²) in [6.45, 7) is 3.92. The van der Waals surface area contributed by atoms with E-state index in [2.05, 4.69) is 4.90 Å². The van der Waals surface area contributed by atoms with Gasteiger partial charge in [0.25, 0.3) is 0 Å². The molecule has 0 radical (unpaired) electrons. The van der Waals surface area contributed by atoms with Gasteiger partial charge in [-0.1, -0.05) is 0 Å². The Balaban J connectivity index is 1.72. The molecule has 2 heteroatoms. The van der Waals surface area contributed by atoms with Crippen molar-refractivity contribution >= 4 is 0 Å². The van der Waals surface area contributed by atoms with Crippen LogP contribution in [-0.4, -0.2) is 37.7 Å². The molecule has 0 aromatic heterocycles. The monoisotopic (exact) mass is 183 g/mol. The van der Waals surface area contributed by atoms with Gasteiger partial charge in [-0.05, 0) is 44.6 Å². The summed E-state index contributed by atoms with van der Waals surface area (Å²) in [4.78, 5) is 2.64. The molecule has 1 aliphatic carbocycles. The van der Waals surface area contributed by atoms with Crippen LogP contribution >= 0.6 is 0 Å². The van der Waals surface area contributed by atoms with Gasteiger partial charge >= 0.3 is 0 Å². The molecule has 2 rings (SSSR count). The van der Waals surface area contributed by atoms with Crippen LogP contribution < -0.4 is 0 Å². The molecule has 2 fully saturated rings. The molecule has 1 heterocycles. The molecule has 0 bridgehead atoms. The van der Waals surface area contributed by atoms with Crippen molar-refractivity contribution in [2.24, 2.45) is 5.92 Å². The van der Waals surface area contributed by atoms with E-state index >= 15 is 0 Å². The average Bonchev–Trinajstić information content (AvgIpc) is 2.93. The number of ether oxygens (including phenoxy) is 1. The zero-order valence-electron chi connectivity index (χ0n) is 8.67. The van der Waals surface area contributed by atoms with Crippen LogP contribution in [-0.2, 0) is 4.74 Å². The first-order valence-electron chi connectivity index (χ1n) is 5.63. The SMILES string of the molecule is COC1CCCN(CC2CC2)CC1. The summed E-state index contributed by atoms with van der Waals surface area (Å²) in [5, 5.41) is 0. The number of nitrogens with zero attached hydrogens (tertiary/aromatic N) is 1. The van der Waals surface area contributed by atoms with E-state index in [1.807, 2.05) is 7.11 Å². The second-order valence-corrected chi connectivity index (χ2v) is 4.53. The van der Waals surface area contributed by atoms with Crippen molar-refractivity contribution in [2.75, 3.05) is 26.7 Å². The largest absolute Gasteiger partial charge is 0.381 e. The summed E-state index contributed by atoms with van der Waals surface area (Å²) in [5.41, 5.74) is 0. The van der Waals surface area contributed by atoms with Crippen LogP contribution in [0.3, 0.4) is 0 Å². The van der Waals surface area contributed by atoms with Crippen LogP contribution in [0.15, 0.2) is 0 Å². The van der Waals surface area contributed by atoms with Gasteiger partial charge in [-0.2, -0.15) is 0 Å². The highest BCUT2D eigenvalue weighted by Crippen LogP contribution is 2.30. The van der Waals surface area contributed by atoms with E-state index in [0.29, 0.717) is 6.10 Å². The van der Waals surface area contributed by atoms with E-state index < -0.39 is 0 Å². The van der Waals surface area contributed by atoms with E-state index in [1.165, 1.54) is 51.7 Å². The standard InChI is InChI=1S/C11H21NO/c1-13-11-3-2-7-12(8-6-11)9-10-4-5-10/h10-11H,2-9H2,1H3. The summed E-state index contributed by atoms with van der Waals surface area (Å²) < 4.78 is 5.41. The van der Waals surface area contributed by atoms with Crippen molar-refractivity contribution in [3.63, 3.8) is 0 Å². The van der Waals surface area contributed by atoms with Crippen molar-refractivity contribution in [3.05, 3.63) is 0 Å². The van der Waals surface area contributed by atoms with E-state index in [-0.39, 0.29) is 0 Å². The molecule has 1 saturated heterocycles. The molecule has 1 atom stereocenters. The van der Waals surface area contributed by atoms with Crippen LogP contribution in [0.5, 0.6) is 0 Å². The second kappa shape index (κ2) is 4.43. The van der Waals surface area contributed by atoms with Gasteiger partial charge in [0.05, 0.1) is 6.10 Å². The lowest BCUT2D eigenvalue weighted by molar-refractivity contribution is 0.0896. The van der Waals surface area contributed by atoms with Crippen molar-refractivity contribution < 1.29 is 4.74 Å². The third-order valence-corrected chi connectivity index (χ3v) is 3.31. The minimum atomic E-state index is 0.532. The van der Waals surface area contributed by atoms with E-state index in [1.54, 1.807) is 0 Å². The minimum absolute atomic E-state index is 0.532. The molecule has 2 aliphatic rings. The maximum absolute atomic E-state index is 5.41. The molecule has 0 aromatic carbocycles. The summed E-state index contributed by atoms with van der Waals surface area (Å²) >= 11 is 0. The Bertz CT molecular complexity index is 156. The number of hydrogen-bond donors (Lipinski definition) is 0. The van der Waals surface area contributed by atoms with E-state index in [9.17, 15) is 0 Å². The molecule has 1 unspecified atom stereocenters. The first-order chi connectivity index (χ1) is 6.38. The van der Waals surface area contributed by atoms with Crippen LogP contribution in [0.25, 0.3) is 0 Å². The second-order valence-electron chi connectivity index (χ2n) is 4.53. The minimum Gasteiger partial charge on any atom is -0.381 e. The third-order valence-electron chi connectivity index (χ3n) is 3.31. The Hall–Kier alpha value is -0.0800. The number of methoxy groups -OCH3 is 1. The van der Waals surface area contributed by atoms with Gasteiger partial charge in [-0.3, -0.25) is 0 Å². The van der Waals surface area contributed by atoms with Crippen LogP contribution in [0, 0.1) is 5.92 Å². The van der Waals surface area contributed by atoms with Gasteiger partial charge < -0.3 is 9.64 Å². The van der Waals surface area contributed by atoms with E-state index in [0.717, 1.165) is 5.92 Å². The molecular formula is C11H21NO. The fourth-order valence-electron chi connectivity index (χ4n) is 2.21. The molecule has 0 amide bonds. The fourth-order valence-corrected chi connectivity index (χ4v) is 2.21. The molecule has 1 saturated carbocycles. The highest BCUT2D eigenvalue weighted by Gasteiger charge is 2.25. The Morgan fingerprint density at radius 2 is 2.00 bits per heavy atom. The summed E-state index contributed by atoms with van der Waals surface area (Å²) in [5.74, 6) is 1.04. The van der Waals surface area contributed by atoms with E-state index in [4.69, 9.17) is 4.74 Å². The van der Waals surface area contributed by atoms with Gasteiger partial charge in [-0.25, -0.2) is 0 Å². The zero-order valence-corrected chi connectivity index (χ0v) is 8.67. The van der Waals surface area contributed by atoms with Crippen molar-refractivity contribution in [1.82, 2.24) is 4.90 Å². The summed E-state index contributed by atoms with van der Waals surface area (Å²) in [6.07, 6.45) is 7.31. The molecule has 0 N–H and O–H groups in total. The molecule has 0 aromatic rings. The Morgan fingerprint density at radius 3 is 2.69 bits per heavy atom. The quantitative estimate of drug-likeness (QED) is 0.662. The van der Waals surface area contributed by atoms with Crippen LogP contribution in [0.2, 0.25) is 0 Å². The number of rotatable bonds is 3. The predicted octanol–water partition coefficient (Wildman–Crippen LogP) is 1.90. The molecule has 1 aliphatic heterocycles. The van der Waals surface area contributed by atoms with Gasteiger partial charge in [-0.15, -0.1) is 0 Å². The maximum atomic E-state index is 5.41. The van der Waals surface area contributed by atoms with Crippen LogP contribution in [0.1, 0.15) is 32.1 Å². The normalized spacial score (nSPS) is 31.6. The number of hydrogen-bond acceptors (Lipinski definition) is 2. The Kier molecular flexibility index (Phi) is 3.23. The first kappa shape index (κ1) is 9.47. The summed E-state index contributed by atoms with van der Waals surface area (Å²) in [6, 6.07) is 0. The maximum Gasteiger partial charge on any atom is 0.0584 e. The zero-order chi connectivity index (χ0) is 9.10. The Labute approximate surface area is 81.3 Å². The first-order valence-corrected chi connectivity index (χ1v) is 5.63.